The molecule has 1 unspecified atom stereocenters. The zero-order valence-electron chi connectivity index (χ0n) is 20.3. The number of rotatable bonds is 7. The van der Waals surface area contributed by atoms with E-state index in [0.717, 1.165) is 56.3 Å². The fourth-order valence-corrected chi connectivity index (χ4v) is 5.52. The van der Waals surface area contributed by atoms with Gasteiger partial charge in [0.05, 0.1) is 0 Å². The number of carbonyl (C=O) groups is 1. The number of thioether (sulfide) groups is 1. The molecular formula is C27H36ClF3N4OS. The molecule has 1 atom stereocenters. The van der Waals surface area contributed by atoms with E-state index in [9.17, 15) is 18.0 Å². The van der Waals surface area contributed by atoms with E-state index >= 15 is 0 Å². The third-order valence-corrected chi connectivity index (χ3v) is 7.77. The molecule has 2 heterocycles. The Kier molecular flexibility index (Phi) is 10.4. The molecule has 2 aromatic rings. The van der Waals surface area contributed by atoms with Crippen LogP contribution in [0.1, 0.15) is 27.2 Å². The van der Waals surface area contributed by atoms with Crippen molar-refractivity contribution in [3.05, 3.63) is 53.6 Å². The van der Waals surface area contributed by atoms with Gasteiger partial charge in [-0.05, 0) is 73.1 Å². The second kappa shape index (κ2) is 13.1. The molecule has 0 saturated carbocycles. The maximum absolute atomic E-state index is 13.1. The summed E-state index contributed by atoms with van der Waals surface area (Å²) in [5.41, 5.74) is -2.30. The number of alkyl halides is 3. The van der Waals surface area contributed by atoms with Crippen molar-refractivity contribution >= 4 is 40.6 Å². The molecule has 10 heteroatoms. The number of piperazine rings is 1. The van der Waals surface area contributed by atoms with Gasteiger partial charge >= 0.3 is 5.51 Å². The van der Waals surface area contributed by atoms with Crippen LogP contribution in [0, 0.1) is 5.92 Å². The second-order valence-corrected chi connectivity index (χ2v) is 11.1. The molecule has 2 saturated heterocycles. The third kappa shape index (κ3) is 8.72. The SMILES string of the molecule is C.CC(CN1CCN(c2ccc(Cl)cc2)CC1)C(=O)N1CCC(Nc2ccc(SC(F)(F)F)cc2)CC1. The summed E-state index contributed by atoms with van der Waals surface area (Å²) in [5.74, 6) is 0.136. The van der Waals surface area contributed by atoms with Crippen LogP contribution in [0.4, 0.5) is 24.5 Å². The van der Waals surface area contributed by atoms with Crippen LogP contribution in [0.15, 0.2) is 53.4 Å². The summed E-state index contributed by atoms with van der Waals surface area (Å²) in [5, 5.41) is 4.14. The Balaban J connectivity index is 0.00000380. The molecule has 0 spiro atoms. The lowest BCUT2D eigenvalue weighted by atomic mass is 10.0. The zero-order valence-corrected chi connectivity index (χ0v) is 21.9. The van der Waals surface area contributed by atoms with Crippen LogP contribution in [-0.4, -0.2) is 73.1 Å². The Morgan fingerprint density at radius 3 is 2.16 bits per heavy atom. The van der Waals surface area contributed by atoms with Gasteiger partial charge in [0, 0.05) is 79.1 Å². The Labute approximate surface area is 227 Å². The van der Waals surface area contributed by atoms with Crippen molar-refractivity contribution in [2.45, 2.75) is 43.6 Å². The topological polar surface area (TPSA) is 38.8 Å². The number of nitrogens with zero attached hydrogens (tertiary/aromatic N) is 3. The second-order valence-electron chi connectivity index (χ2n) is 9.48. The largest absolute Gasteiger partial charge is 0.446 e. The van der Waals surface area contributed by atoms with E-state index in [1.165, 1.54) is 17.8 Å². The number of halogens is 4. The summed E-state index contributed by atoms with van der Waals surface area (Å²) in [6, 6.07) is 14.4. The van der Waals surface area contributed by atoms with Crippen LogP contribution in [0.2, 0.25) is 5.02 Å². The van der Waals surface area contributed by atoms with Crippen LogP contribution in [0.5, 0.6) is 0 Å². The molecule has 2 aliphatic heterocycles. The minimum atomic E-state index is -4.28. The zero-order chi connectivity index (χ0) is 25.7. The van der Waals surface area contributed by atoms with Gasteiger partial charge in [0.1, 0.15) is 0 Å². The molecule has 2 fully saturated rings. The molecule has 0 aromatic heterocycles. The number of piperidine rings is 1. The number of benzene rings is 2. The van der Waals surface area contributed by atoms with Crippen LogP contribution in [-0.2, 0) is 4.79 Å². The highest BCUT2D eigenvalue weighted by Gasteiger charge is 2.30. The van der Waals surface area contributed by atoms with Gasteiger partial charge in [0.15, 0.2) is 0 Å². The van der Waals surface area contributed by atoms with Crippen LogP contribution in [0.3, 0.4) is 0 Å². The molecule has 2 aliphatic rings. The normalized spacial score (nSPS) is 18.3. The molecule has 4 rings (SSSR count). The van der Waals surface area contributed by atoms with Gasteiger partial charge in [-0.1, -0.05) is 26.0 Å². The number of carbonyl (C=O) groups excluding carboxylic acids is 1. The Bertz CT molecular complexity index is 990. The molecule has 0 radical (unpaired) electrons. The van der Waals surface area contributed by atoms with Gasteiger partial charge in [0.25, 0.3) is 0 Å². The third-order valence-electron chi connectivity index (χ3n) is 6.78. The lowest BCUT2D eigenvalue weighted by molar-refractivity contribution is -0.136. The standard InChI is InChI=1S/C26H32ClF3N4OS.CH4/c1-19(18-32-14-16-33(17-15-32)23-6-2-20(27)3-7-23)25(35)34-12-10-22(11-13-34)31-21-4-8-24(9-5-21)36-26(28,29)30;/h2-9,19,22,31H,10-18H2,1H3;1H4. The number of hydrogen-bond donors (Lipinski definition) is 1. The fraction of sp³-hybridized carbons (Fsp3) is 0.519. The minimum Gasteiger partial charge on any atom is -0.382 e. The Hall–Kier alpha value is -2.10. The van der Waals surface area contributed by atoms with E-state index < -0.39 is 5.51 Å². The number of anilines is 2. The summed E-state index contributed by atoms with van der Waals surface area (Å²) >= 11 is 5.88. The highest BCUT2D eigenvalue weighted by atomic mass is 35.5. The first-order valence-corrected chi connectivity index (χ1v) is 13.5. The van der Waals surface area contributed by atoms with E-state index in [1.807, 2.05) is 36.1 Å². The van der Waals surface area contributed by atoms with Gasteiger partial charge in [-0.25, -0.2) is 0 Å². The number of likely N-dealkylation sites (tertiary alicyclic amines) is 1. The van der Waals surface area contributed by atoms with E-state index in [4.69, 9.17) is 11.6 Å². The van der Waals surface area contributed by atoms with Crippen LogP contribution in [0.25, 0.3) is 0 Å². The summed E-state index contributed by atoms with van der Waals surface area (Å²) in [7, 11) is 0. The molecule has 5 nitrogen and oxygen atoms in total. The highest BCUT2D eigenvalue weighted by Crippen LogP contribution is 2.37. The van der Waals surface area contributed by atoms with Crippen molar-refractivity contribution < 1.29 is 18.0 Å². The monoisotopic (exact) mass is 556 g/mol. The number of hydrogen-bond acceptors (Lipinski definition) is 5. The van der Waals surface area contributed by atoms with Crippen molar-refractivity contribution in [2.75, 3.05) is 56.0 Å². The first-order valence-electron chi connectivity index (χ1n) is 12.3. The van der Waals surface area contributed by atoms with Crippen molar-refractivity contribution in [2.24, 2.45) is 5.92 Å². The van der Waals surface area contributed by atoms with Gasteiger partial charge in [-0.2, -0.15) is 13.2 Å². The predicted molar refractivity (Wildman–Crippen MR) is 148 cm³/mol. The van der Waals surface area contributed by atoms with Gasteiger partial charge in [-0.3, -0.25) is 9.69 Å². The van der Waals surface area contributed by atoms with Crippen molar-refractivity contribution in [1.29, 1.82) is 0 Å². The lowest BCUT2D eigenvalue weighted by Gasteiger charge is -2.38. The average Bonchev–Trinajstić information content (AvgIpc) is 2.85. The van der Waals surface area contributed by atoms with Gasteiger partial charge in [0.2, 0.25) is 5.91 Å². The maximum atomic E-state index is 13.1. The van der Waals surface area contributed by atoms with E-state index in [0.29, 0.717) is 13.1 Å². The lowest BCUT2D eigenvalue weighted by Crippen LogP contribution is -2.50. The fourth-order valence-electron chi connectivity index (χ4n) is 4.85. The Morgan fingerprint density at radius 2 is 1.59 bits per heavy atom. The molecule has 1 N–H and O–H groups in total. The Morgan fingerprint density at radius 1 is 1.00 bits per heavy atom. The maximum Gasteiger partial charge on any atom is 0.446 e. The summed E-state index contributed by atoms with van der Waals surface area (Å²) in [4.78, 5) is 19.9. The molecule has 0 aliphatic carbocycles. The van der Waals surface area contributed by atoms with Crippen LogP contribution < -0.4 is 10.2 Å². The number of nitrogens with one attached hydrogen (secondary N) is 1. The average molecular weight is 557 g/mol. The quantitative estimate of drug-likeness (QED) is 0.397. The van der Waals surface area contributed by atoms with E-state index in [2.05, 4.69) is 15.1 Å². The molecule has 0 bridgehead atoms. The molecule has 2 aromatic carbocycles. The molecule has 37 heavy (non-hydrogen) atoms. The number of amides is 1. The van der Waals surface area contributed by atoms with Gasteiger partial charge < -0.3 is 15.1 Å². The summed E-state index contributed by atoms with van der Waals surface area (Å²) in [6.45, 7) is 7.84. The first kappa shape index (κ1) is 29.5. The van der Waals surface area contributed by atoms with Crippen molar-refractivity contribution in [1.82, 2.24) is 9.80 Å². The van der Waals surface area contributed by atoms with E-state index in [-0.39, 0.29) is 42.0 Å². The predicted octanol–water partition coefficient (Wildman–Crippen LogP) is 6.45. The summed E-state index contributed by atoms with van der Waals surface area (Å²) < 4.78 is 37.5. The molecular weight excluding hydrogens is 521 g/mol. The summed E-state index contributed by atoms with van der Waals surface area (Å²) in [6.07, 6.45) is 1.63. The smallest absolute Gasteiger partial charge is 0.382 e. The molecule has 204 valence electrons. The van der Waals surface area contributed by atoms with Crippen molar-refractivity contribution in [3.63, 3.8) is 0 Å². The van der Waals surface area contributed by atoms with Crippen LogP contribution >= 0.6 is 23.4 Å². The first-order chi connectivity index (χ1) is 17.2. The minimum absolute atomic E-state index is 0. The van der Waals surface area contributed by atoms with Crippen molar-refractivity contribution in [3.8, 4) is 0 Å². The molecule has 1 amide bonds. The van der Waals surface area contributed by atoms with Gasteiger partial charge in [-0.15, -0.1) is 0 Å². The highest BCUT2D eigenvalue weighted by molar-refractivity contribution is 8.00. The van der Waals surface area contributed by atoms with E-state index in [1.54, 1.807) is 12.1 Å².